The van der Waals surface area contributed by atoms with E-state index in [4.69, 9.17) is 4.74 Å². The normalized spacial score (nSPS) is 10.3. The Morgan fingerprint density at radius 3 is 2.60 bits per heavy atom. The number of benzene rings is 2. The molecule has 0 saturated heterocycles. The summed E-state index contributed by atoms with van der Waals surface area (Å²) in [6.07, 6.45) is 0.985. The Morgan fingerprint density at radius 2 is 1.95 bits per heavy atom. The Hall–Kier alpha value is -2.16. The van der Waals surface area contributed by atoms with Crippen LogP contribution in [0, 0.1) is 6.92 Å². The van der Waals surface area contributed by atoms with E-state index in [0.29, 0.717) is 12.3 Å². The molecular formula is C17H21NO2. The Kier molecular flexibility index (Phi) is 4.51. The van der Waals surface area contributed by atoms with Gasteiger partial charge < -0.3 is 15.2 Å². The number of hydrogen-bond donors (Lipinski definition) is 2. The number of anilines is 1. The third-order valence-corrected chi connectivity index (χ3v) is 3.49. The molecule has 0 aliphatic carbocycles. The average Bonchev–Trinajstić information content (AvgIpc) is 2.46. The zero-order chi connectivity index (χ0) is 14.5. The molecule has 0 aromatic heterocycles. The fraction of sp³-hybridized carbons (Fsp3) is 0.294. The number of hydrogen-bond acceptors (Lipinski definition) is 3. The first kappa shape index (κ1) is 14.3. The summed E-state index contributed by atoms with van der Waals surface area (Å²) in [5.41, 5.74) is 4.52. The standard InChI is InChI=1S/C17H21NO2/c1-4-13-7-5-6-12(2)17(13)18-11-14-8-9-15(20-3)10-16(14)19/h5-10,18-19H,4,11H2,1-3H3. The first-order chi connectivity index (χ1) is 9.65. The van der Waals surface area contributed by atoms with Gasteiger partial charge in [-0.05, 0) is 36.6 Å². The van der Waals surface area contributed by atoms with E-state index in [1.807, 2.05) is 12.1 Å². The molecule has 3 nitrogen and oxygen atoms in total. The molecule has 3 heteroatoms. The number of methoxy groups -OCH3 is 1. The second-order valence-electron chi connectivity index (χ2n) is 4.81. The van der Waals surface area contributed by atoms with Gasteiger partial charge in [0.25, 0.3) is 0 Å². The predicted molar refractivity (Wildman–Crippen MR) is 82.5 cm³/mol. The van der Waals surface area contributed by atoms with Crippen LogP contribution in [0.4, 0.5) is 5.69 Å². The maximum Gasteiger partial charge on any atom is 0.124 e. The van der Waals surface area contributed by atoms with Crippen LogP contribution in [-0.2, 0) is 13.0 Å². The molecule has 0 radical (unpaired) electrons. The van der Waals surface area contributed by atoms with Crippen molar-refractivity contribution in [1.29, 1.82) is 0 Å². The SMILES string of the molecule is CCc1cccc(C)c1NCc1ccc(OC)cc1O. The largest absolute Gasteiger partial charge is 0.507 e. The van der Waals surface area contributed by atoms with Crippen molar-refractivity contribution < 1.29 is 9.84 Å². The van der Waals surface area contributed by atoms with E-state index in [-0.39, 0.29) is 5.75 Å². The van der Waals surface area contributed by atoms with Crippen molar-refractivity contribution in [2.24, 2.45) is 0 Å². The molecular weight excluding hydrogens is 250 g/mol. The zero-order valence-electron chi connectivity index (χ0n) is 12.2. The molecule has 106 valence electrons. The molecule has 0 spiro atoms. The third kappa shape index (κ3) is 3.05. The van der Waals surface area contributed by atoms with Gasteiger partial charge in [-0.3, -0.25) is 0 Å². The lowest BCUT2D eigenvalue weighted by Gasteiger charge is -2.15. The molecule has 0 atom stereocenters. The summed E-state index contributed by atoms with van der Waals surface area (Å²) in [6.45, 7) is 4.83. The average molecular weight is 271 g/mol. The lowest BCUT2D eigenvalue weighted by atomic mass is 10.1. The second-order valence-corrected chi connectivity index (χ2v) is 4.81. The first-order valence-corrected chi connectivity index (χ1v) is 6.84. The molecule has 2 aromatic rings. The Labute approximate surface area is 120 Å². The third-order valence-electron chi connectivity index (χ3n) is 3.49. The Morgan fingerprint density at radius 1 is 1.15 bits per heavy atom. The Bertz CT molecular complexity index is 594. The van der Waals surface area contributed by atoms with E-state index < -0.39 is 0 Å². The van der Waals surface area contributed by atoms with Gasteiger partial charge in [-0.25, -0.2) is 0 Å². The summed E-state index contributed by atoms with van der Waals surface area (Å²) in [7, 11) is 1.59. The lowest BCUT2D eigenvalue weighted by molar-refractivity contribution is 0.406. The molecule has 2 aromatic carbocycles. The highest BCUT2D eigenvalue weighted by molar-refractivity contribution is 5.58. The van der Waals surface area contributed by atoms with E-state index in [1.54, 1.807) is 13.2 Å². The highest BCUT2D eigenvalue weighted by atomic mass is 16.5. The number of aryl methyl sites for hydroxylation is 2. The molecule has 0 saturated carbocycles. The summed E-state index contributed by atoms with van der Waals surface area (Å²) in [4.78, 5) is 0. The number of phenolic OH excluding ortho intramolecular Hbond substituents is 1. The lowest BCUT2D eigenvalue weighted by Crippen LogP contribution is -2.04. The second kappa shape index (κ2) is 6.33. The topological polar surface area (TPSA) is 41.5 Å². The zero-order valence-corrected chi connectivity index (χ0v) is 12.2. The summed E-state index contributed by atoms with van der Waals surface area (Å²) in [5.74, 6) is 0.917. The van der Waals surface area contributed by atoms with Crippen LogP contribution in [0.3, 0.4) is 0 Å². The minimum Gasteiger partial charge on any atom is -0.507 e. The van der Waals surface area contributed by atoms with Crippen molar-refractivity contribution in [3.8, 4) is 11.5 Å². The molecule has 0 heterocycles. The molecule has 0 bridgehead atoms. The smallest absolute Gasteiger partial charge is 0.124 e. The van der Waals surface area contributed by atoms with E-state index in [0.717, 1.165) is 17.7 Å². The van der Waals surface area contributed by atoms with Gasteiger partial charge in [0, 0.05) is 23.9 Å². The number of aromatic hydroxyl groups is 1. The molecule has 0 aliphatic heterocycles. The Balaban J connectivity index is 2.17. The number of rotatable bonds is 5. The van der Waals surface area contributed by atoms with Crippen molar-refractivity contribution in [1.82, 2.24) is 0 Å². The molecule has 20 heavy (non-hydrogen) atoms. The summed E-state index contributed by atoms with van der Waals surface area (Å²) >= 11 is 0. The van der Waals surface area contributed by atoms with Gasteiger partial charge in [-0.1, -0.05) is 25.1 Å². The molecule has 0 amide bonds. The number of ether oxygens (including phenoxy) is 1. The molecule has 0 aliphatic rings. The van der Waals surface area contributed by atoms with Crippen molar-refractivity contribution in [3.63, 3.8) is 0 Å². The van der Waals surface area contributed by atoms with Crippen LogP contribution in [0.5, 0.6) is 11.5 Å². The van der Waals surface area contributed by atoms with Crippen LogP contribution in [0.25, 0.3) is 0 Å². The monoisotopic (exact) mass is 271 g/mol. The van der Waals surface area contributed by atoms with Crippen molar-refractivity contribution in [2.45, 2.75) is 26.8 Å². The highest BCUT2D eigenvalue weighted by Gasteiger charge is 2.06. The summed E-state index contributed by atoms with van der Waals surface area (Å²) in [5, 5.41) is 13.4. The predicted octanol–water partition coefficient (Wildman–Crippen LogP) is 3.88. The van der Waals surface area contributed by atoms with Crippen molar-refractivity contribution in [3.05, 3.63) is 53.1 Å². The maximum absolute atomic E-state index is 9.98. The van der Waals surface area contributed by atoms with Crippen LogP contribution in [0.2, 0.25) is 0 Å². The van der Waals surface area contributed by atoms with Gasteiger partial charge in [-0.2, -0.15) is 0 Å². The molecule has 0 unspecified atom stereocenters. The van der Waals surface area contributed by atoms with Crippen molar-refractivity contribution in [2.75, 3.05) is 12.4 Å². The van der Waals surface area contributed by atoms with Crippen molar-refractivity contribution >= 4 is 5.69 Å². The van der Waals surface area contributed by atoms with Gasteiger partial charge in [0.15, 0.2) is 0 Å². The minimum absolute atomic E-state index is 0.253. The minimum atomic E-state index is 0.253. The maximum atomic E-state index is 9.98. The van der Waals surface area contributed by atoms with Crippen LogP contribution < -0.4 is 10.1 Å². The number of nitrogens with one attached hydrogen (secondary N) is 1. The van der Waals surface area contributed by atoms with Crippen LogP contribution >= 0.6 is 0 Å². The van der Waals surface area contributed by atoms with E-state index in [1.165, 1.54) is 11.1 Å². The highest BCUT2D eigenvalue weighted by Crippen LogP contribution is 2.26. The summed E-state index contributed by atoms with van der Waals surface area (Å²) in [6, 6.07) is 11.7. The van der Waals surface area contributed by atoms with Crippen LogP contribution in [-0.4, -0.2) is 12.2 Å². The van der Waals surface area contributed by atoms with Gasteiger partial charge in [0.1, 0.15) is 11.5 Å². The van der Waals surface area contributed by atoms with Crippen LogP contribution in [0.15, 0.2) is 36.4 Å². The van der Waals surface area contributed by atoms with E-state index in [9.17, 15) is 5.11 Å². The molecule has 0 fully saturated rings. The van der Waals surface area contributed by atoms with E-state index in [2.05, 4.69) is 37.4 Å². The number of phenols is 1. The quantitative estimate of drug-likeness (QED) is 0.867. The molecule has 2 N–H and O–H groups in total. The fourth-order valence-electron chi connectivity index (χ4n) is 2.28. The van der Waals surface area contributed by atoms with Gasteiger partial charge in [0.05, 0.1) is 7.11 Å². The van der Waals surface area contributed by atoms with Gasteiger partial charge >= 0.3 is 0 Å². The molecule has 2 rings (SSSR count). The van der Waals surface area contributed by atoms with E-state index >= 15 is 0 Å². The fourth-order valence-corrected chi connectivity index (χ4v) is 2.28. The number of para-hydroxylation sites is 1. The summed E-state index contributed by atoms with van der Waals surface area (Å²) < 4.78 is 5.09. The van der Waals surface area contributed by atoms with Crippen LogP contribution in [0.1, 0.15) is 23.6 Å². The van der Waals surface area contributed by atoms with Gasteiger partial charge in [-0.15, -0.1) is 0 Å². The van der Waals surface area contributed by atoms with Gasteiger partial charge in [0.2, 0.25) is 0 Å². The first-order valence-electron chi connectivity index (χ1n) is 6.84.